The van der Waals surface area contributed by atoms with E-state index in [0.717, 1.165) is 11.1 Å². The van der Waals surface area contributed by atoms with Gasteiger partial charge in [0, 0.05) is 0 Å². The molecule has 27 heavy (non-hydrogen) atoms. The highest BCUT2D eigenvalue weighted by Crippen LogP contribution is 2.44. The second kappa shape index (κ2) is 6.59. The molecular weight excluding hydrogens is 340 g/mol. The molecule has 0 atom stereocenters. The summed E-state index contributed by atoms with van der Waals surface area (Å²) in [5, 5.41) is 30.4. The molecule has 0 saturated heterocycles. The first-order chi connectivity index (χ1) is 12.2. The number of carbonyl (C=O) groups is 1. The Hall–Kier alpha value is -2.49. The lowest BCUT2D eigenvalue weighted by Gasteiger charge is -2.36. The highest BCUT2D eigenvalue weighted by atomic mass is 16.4. The van der Waals surface area contributed by atoms with Crippen molar-refractivity contribution in [2.75, 3.05) is 0 Å². The molecule has 3 N–H and O–H groups in total. The molecule has 0 bridgehead atoms. The molecule has 146 valence electrons. The lowest BCUT2D eigenvalue weighted by molar-refractivity contribution is -0.141. The summed E-state index contributed by atoms with van der Waals surface area (Å²) in [6.07, 6.45) is 0. The molecule has 2 rings (SSSR count). The van der Waals surface area contributed by atoms with Crippen LogP contribution in [0, 0.1) is 0 Å². The first kappa shape index (κ1) is 20.8. The highest BCUT2D eigenvalue weighted by molar-refractivity contribution is 5.87. The molecule has 0 saturated carbocycles. The van der Waals surface area contributed by atoms with Crippen LogP contribution in [0.5, 0.6) is 11.5 Å². The molecule has 2 aromatic rings. The van der Waals surface area contributed by atoms with Crippen LogP contribution in [0.2, 0.25) is 0 Å². The van der Waals surface area contributed by atoms with Crippen LogP contribution in [-0.2, 0) is 21.0 Å². The van der Waals surface area contributed by atoms with Gasteiger partial charge in [0.25, 0.3) is 0 Å². The maximum atomic E-state index is 12.6. The Bertz CT molecular complexity index is 803. The molecule has 0 spiro atoms. The molecule has 0 heterocycles. The van der Waals surface area contributed by atoms with Gasteiger partial charge in [-0.1, -0.05) is 53.7 Å². The number of hydrogen-bond acceptors (Lipinski definition) is 3. The largest absolute Gasteiger partial charge is 0.508 e. The molecule has 0 unspecified atom stereocenters. The Morgan fingerprint density at radius 3 is 1.26 bits per heavy atom. The molecule has 0 aromatic heterocycles. The summed E-state index contributed by atoms with van der Waals surface area (Å²) >= 11 is 0. The molecule has 4 heteroatoms. The van der Waals surface area contributed by atoms with Gasteiger partial charge in [0.15, 0.2) is 0 Å². The van der Waals surface area contributed by atoms with Crippen molar-refractivity contribution in [2.24, 2.45) is 0 Å². The van der Waals surface area contributed by atoms with Crippen molar-refractivity contribution in [1.82, 2.24) is 0 Å². The number of carboxylic acid groups (broad SMARTS) is 1. The van der Waals surface area contributed by atoms with Gasteiger partial charge in [-0.25, -0.2) is 0 Å². The number of carboxylic acids is 1. The summed E-state index contributed by atoms with van der Waals surface area (Å²) in [5.41, 5.74) is 0.772. The third-order valence-corrected chi connectivity index (χ3v) is 5.13. The lowest BCUT2D eigenvalue weighted by atomic mass is 9.66. The number of rotatable bonds is 3. The average Bonchev–Trinajstić information content (AvgIpc) is 2.52. The molecule has 0 aliphatic carbocycles. The summed E-state index contributed by atoms with van der Waals surface area (Å²) in [6.45, 7) is 13.7. The monoisotopic (exact) mass is 370 g/mol. The normalized spacial score (nSPS) is 12.9. The first-order valence-electron chi connectivity index (χ1n) is 9.10. The second-order valence-corrected chi connectivity index (χ2v) is 9.39. The molecule has 0 amide bonds. The fourth-order valence-electron chi connectivity index (χ4n) is 3.55. The van der Waals surface area contributed by atoms with E-state index in [1.807, 2.05) is 41.5 Å². The Balaban J connectivity index is 2.94. The van der Waals surface area contributed by atoms with Gasteiger partial charge in [-0.15, -0.1) is 0 Å². The van der Waals surface area contributed by atoms with Crippen molar-refractivity contribution in [2.45, 2.75) is 64.7 Å². The Morgan fingerprint density at radius 2 is 1.00 bits per heavy atom. The zero-order chi connectivity index (χ0) is 20.8. The van der Waals surface area contributed by atoms with E-state index in [1.54, 1.807) is 31.2 Å². The van der Waals surface area contributed by atoms with E-state index in [0.29, 0.717) is 11.1 Å². The Morgan fingerprint density at radius 1 is 0.667 bits per heavy atom. The number of hydrogen-bond donors (Lipinski definition) is 3. The Kier molecular flexibility index (Phi) is 5.08. The second-order valence-electron chi connectivity index (χ2n) is 9.39. The van der Waals surface area contributed by atoms with E-state index >= 15 is 0 Å². The molecule has 0 aliphatic rings. The smallest absolute Gasteiger partial charge is 0.318 e. The quantitative estimate of drug-likeness (QED) is 0.704. The molecule has 4 nitrogen and oxygen atoms in total. The van der Waals surface area contributed by atoms with E-state index in [-0.39, 0.29) is 22.3 Å². The van der Waals surface area contributed by atoms with Crippen LogP contribution in [0.3, 0.4) is 0 Å². The van der Waals surface area contributed by atoms with Crippen LogP contribution in [0.25, 0.3) is 0 Å². The van der Waals surface area contributed by atoms with Gasteiger partial charge in [-0.3, -0.25) is 4.79 Å². The van der Waals surface area contributed by atoms with Crippen LogP contribution in [-0.4, -0.2) is 21.3 Å². The summed E-state index contributed by atoms with van der Waals surface area (Å²) in [5.74, 6) is -0.758. The van der Waals surface area contributed by atoms with Gasteiger partial charge >= 0.3 is 5.97 Å². The van der Waals surface area contributed by atoms with Gasteiger partial charge in [-0.05, 0) is 64.3 Å². The predicted octanol–water partition coefficient (Wildman–Crippen LogP) is 5.08. The van der Waals surface area contributed by atoms with Gasteiger partial charge < -0.3 is 15.3 Å². The third kappa shape index (κ3) is 3.80. The first-order valence-corrected chi connectivity index (χ1v) is 9.10. The third-order valence-electron chi connectivity index (χ3n) is 5.13. The molecular formula is C23H30O4. The fraction of sp³-hybridized carbons (Fsp3) is 0.435. The maximum Gasteiger partial charge on any atom is 0.318 e. The minimum absolute atomic E-state index is 0.109. The summed E-state index contributed by atoms with van der Waals surface area (Å²) < 4.78 is 0. The zero-order valence-corrected chi connectivity index (χ0v) is 17.2. The van der Waals surface area contributed by atoms with Crippen molar-refractivity contribution in [3.05, 3.63) is 58.7 Å². The van der Waals surface area contributed by atoms with Crippen molar-refractivity contribution < 1.29 is 20.1 Å². The van der Waals surface area contributed by atoms with Crippen molar-refractivity contribution in [3.63, 3.8) is 0 Å². The van der Waals surface area contributed by atoms with Gasteiger partial charge in [0.1, 0.15) is 16.9 Å². The van der Waals surface area contributed by atoms with Gasteiger partial charge in [0.05, 0.1) is 0 Å². The van der Waals surface area contributed by atoms with Crippen molar-refractivity contribution in [3.8, 4) is 11.5 Å². The van der Waals surface area contributed by atoms with Crippen LogP contribution >= 0.6 is 0 Å². The lowest BCUT2D eigenvalue weighted by Crippen LogP contribution is -2.38. The van der Waals surface area contributed by atoms with Gasteiger partial charge in [0.2, 0.25) is 0 Å². The van der Waals surface area contributed by atoms with E-state index < -0.39 is 11.4 Å². The van der Waals surface area contributed by atoms with Crippen LogP contribution in [0.15, 0.2) is 36.4 Å². The Labute approximate surface area is 161 Å². The van der Waals surface area contributed by atoms with Crippen molar-refractivity contribution >= 4 is 5.97 Å². The van der Waals surface area contributed by atoms with E-state index in [1.165, 1.54) is 12.1 Å². The van der Waals surface area contributed by atoms with Crippen LogP contribution in [0.1, 0.15) is 70.7 Å². The van der Waals surface area contributed by atoms with Crippen LogP contribution < -0.4 is 0 Å². The van der Waals surface area contributed by atoms with Gasteiger partial charge in [-0.2, -0.15) is 0 Å². The molecule has 0 fully saturated rings. The topological polar surface area (TPSA) is 77.8 Å². The standard InChI is InChI=1S/C23H30O4/c1-21(2,3)18-12-14(24)8-10-16(18)23(7,20(26)27)17-11-9-15(25)13-19(17)22(4,5)6/h8-13,24-25H,1-7H3,(H,26,27). The number of phenols is 2. The average molecular weight is 370 g/mol. The maximum absolute atomic E-state index is 12.6. The zero-order valence-electron chi connectivity index (χ0n) is 17.2. The summed E-state index contributed by atoms with van der Waals surface area (Å²) in [6, 6.07) is 9.75. The number of aliphatic carboxylic acids is 1. The van der Waals surface area contributed by atoms with E-state index in [9.17, 15) is 20.1 Å². The van der Waals surface area contributed by atoms with Crippen LogP contribution in [0.4, 0.5) is 0 Å². The minimum Gasteiger partial charge on any atom is -0.508 e. The van der Waals surface area contributed by atoms with Crippen molar-refractivity contribution in [1.29, 1.82) is 0 Å². The van der Waals surface area contributed by atoms with E-state index in [4.69, 9.17) is 0 Å². The number of phenolic OH excluding ortho intramolecular Hbond substituents is 2. The minimum atomic E-state index is -1.34. The molecule has 2 aromatic carbocycles. The highest BCUT2D eigenvalue weighted by Gasteiger charge is 2.43. The SMILES string of the molecule is CC(C)(C)c1cc(O)ccc1C(C)(C(=O)O)c1ccc(O)cc1C(C)(C)C. The number of benzene rings is 2. The molecule has 0 aliphatic heterocycles. The molecule has 0 radical (unpaired) electrons. The fourth-order valence-corrected chi connectivity index (χ4v) is 3.55. The summed E-state index contributed by atoms with van der Waals surface area (Å²) in [4.78, 5) is 12.6. The summed E-state index contributed by atoms with van der Waals surface area (Å²) in [7, 11) is 0. The van der Waals surface area contributed by atoms with E-state index in [2.05, 4.69) is 0 Å². The number of aromatic hydroxyl groups is 2. The predicted molar refractivity (Wildman–Crippen MR) is 108 cm³/mol.